The van der Waals surface area contributed by atoms with E-state index in [-0.39, 0.29) is 24.9 Å². The molecule has 1 fully saturated rings. The maximum atomic E-state index is 12.3. The Balaban J connectivity index is 1.45. The van der Waals surface area contributed by atoms with Crippen molar-refractivity contribution < 1.29 is 14.3 Å². The van der Waals surface area contributed by atoms with Gasteiger partial charge in [-0.25, -0.2) is 0 Å². The largest absolute Gasteiger partial charge is 0.378 e. The number of anilines is 3. The third-order valence-corrected chi connectivity index (χ3v) is 5.23. The molecule has 1 aliphatic heterocycles. The van der Waals surface area contributed by atoms with Crippen molar-refractivity contribution in [1.82, 2.24) is 4.90 Å². The minimum absolute atomic E-state index is 0.130. The van der Waals surface area contributed by atoms with E-state index < -0.39 is 0 Å². The van der Waals surface area contributed by atoms with Crippen molar-refractivity contribution in [2.75, 3.05) is 62.0 Å². The van der Waals surface area contributed by atoms with Crippen LogP contribution in [0.2, 0.25) is 0 Å². The number of carbonyl (C=O) groups excluding carboxylic acids is 2. The highest BCUT2D eigenvalue weighted by molar-refractivity contribution is 5.95. The normalized spacial score (nSPS) is 13.9. The maximum Gasteiger partial charge on any atom is 0.238 e. The molecule has 2 aromatic rings. The Kier molecular flexibility index (Phi) is 7.43. The van der Waals surface area contributed by atoms with Crippen LogP contribution in [0, 0.1) is 13.8 Å². The molecule has 1 heterocycles. The van der Waals surface area contributed by atoms with Crippen LogP contribution in [0.5, 0.6) is 0 Å². The summed E-state index contributed by atoms with van der Waals surface area (Å²) in [6.45, 7) is 7.48. The monoisotopic (exact) mass is 410 g/mol. The molecule has 0 bridgehead atoms. The minimum atomic E-state index is -0.156. The first-order valence-electron chi connectivity index (χ1n) is 10.2. The molecule has 0 spiro atoms. The van der Waals surface area contributed by atoms with E-state index in [1.165, 1.54) is 0 Å². The van der Waals surface area contributed by atoms with Gasteiger partial charge in [0.1, 0.15) is 0 Å². The van der Waals surface area contributed by atoms with Crippen LogP contribution >= 0.6 is 0 Å². The number of nitrogens with zero attached hydrogens (tertiary/aromatic N) is 2. The molecule has 0 saturated carbocycles. The summed E-state index contributed by atoms with van der Waals surface area (Å²) in [5, 5.41) is 5.80. The summed E-state index contributed by atoms with van der Waals surface area (Å²) < 4.78 is 5.37. The lowest BCUT2D eigenvalue weighted by Gasteiger charge is -2.28. The lowest BCUT2D eigenvalue weighted by atomic mass is 10.1. The number of hydrogen-bond donors (Lipinski definition) is 2. The van der Waals surface area contributed by atoms with Gasteiger partial charge in [-0.15, -0.1) is 0 Å². The first-order chi connectivity index (χ1) is 14.4. The van der Waals surface area contributed by atoms with Crippen molar-refractivity contribution in [2.45, 2.75) is 13.8 Å². The number of rotatable bonds is 7. The average Bonchev–Trinajstić information content (AvgIpc) is 2.72. The molecule has 0 radical (unpaired) electrons. The van der Waals surface area contributed by atoms with Crippen molar-refractivity contribution in [1.29, 1.82) is 0 Å². The fourth-order valence-corrected chi connectivity index (χ4v) is 3.40. The van der Waals surface area contributed by atoms with E-state index in [0.717, 1.165) is 54.5 Å². The van der Waals surface area contributed by atoms with Crippen LogP contribution in [0.25, 0.3) is 0 Å². The van der Waals surface area contributed by atoms with E-state index in [4.69, 9.17) is 4.74 Å². The molecule has 0 aromatic heterocycles. The summed E-state index contributed by atoms with van der Waals surface area (Å²) in [4.78, 5) is 28.6. The van der Waals surface area contributed by atoms with Gasteiger partial charge in [0.25, 0.3) is 0 Å². The minimum Gasteiger partial charge on any atom is -0.378 e. The first-order valence-corrected chi connectivity index (χ1v) is 10.2. The summed E-state index contributed by atoms with van der Waals surface area (Å²) in [5.41, 5.74) is 4.84. The number of ether oxygens (including phenoxy) is 1. The third kappa shape index (κ3) is 6.05. The number of hydrogen-bond acceptors (Lipinski definition) is 5. The molecule has 1 aliphatic rings. The Bertz CT molecular complexity index is 877. The molecule has 0 atom stereocenters. The second kappa shape index (κ2) is 10.2. The van der Waals surface area contributed by atoms with Gasteiger partial charge in [-0.3, -0.25) is 14.5 Å². The Morgan fingerprint density at radius 3 is 2.27 bits per heavy atom. The van der Waals surface area contributed by atoms with Crippen LogP contribution in [0.3, 0.4) is 0 Å². The van der Waals surface area contributed by atoms with Crippen molar-refractivity contribution in [2.24, 2.45) is 0 Å². The second-order valence-corrected chi connectivity index (χ2v) is 7.66. The van der Waals surface area contributed by atoms with Crippen LogP contribution in [0.15, 0.2) is 42.5 Å². The van der Waals surface area contributed by atoms with E-state index in [2.05, 4.69) is 15.5 Å². The number of benzene rings is 2. The SMILES string of the molecule is Cc1cccc(NC(=O)CN(C)CC(=O)Nc2ccc(N3CCOCC3)cc2)c1C. The van der Waals surface area contributed by atoms with E-state index in [1.54, 1.807) is 11.9 Å². The van der Waals surface area contributed by atoms with Gasteiger partial charge in [-0.05, 0) is 62.4 Å². The van der Waals surface area contributed by atoms with Gasteiger partial charge >= 0.3 is 0 Å². The van der Waals surface area contributed by atoms with Crippen LogP contribution in [-0.4, -0.2) is 63.2 Å². The Hall–Kier alpha value is -2.90. The molecule has 30 heavy (non-hydrogen) atoms. The number of likely N-dealkylation sites (N-methyl/N-ethyl adjacent to an activating group) is 1. The zero-order valence-corrected chi connectivity index (χ0v) is 17.9. The topological polar surface area (TPSA) is 73.9 Å². The molecular weight excluding hydrogens is 380 g/mol. The molecule has 7 heteroatoms. The van der Waals surface area contributed by atoms with Gasteiger partial charge < -0.3 is 20.3 Å². The maximum absolute atomic E-state index is 12.3. The smallest absolute Gasteiger partial charge is 0.238 e. The van der Waals surface area contributed by atoms with Crippen LogP contribution in [0.1, 0.15) is 11.1 Å². The fraction of sp³-hybridized carbons (Fsp3) is 0.391. The highest BCUT2D eigenvalue weighted by Crippen LogP contribution is 2.19. The highest BCUT2D eigenvalue weighted by atomic mass is 16.5. The molecule has 160 valence electrons. The van der Waals surface area contributed by atoms with Crippen LogP contribution in [-0.2, 0) is 14.3 Å². The Morgan fingerprint density at radius 2 is 1.60 bits per heavy atom. The molecular formula is C23H30N4O3. The summed E-state index contributed by atoms with van der Waals surface area (Å²) >= 11 is 0. The molecule has 0 aliphatic carbocycles. The van der Waals surface area contributed by atoms with Gasteiger partial charge in [0.15, 0.2) is 0 Å². The molecule has 2 aromatic carbocycles. The van der Waals surface area contributed by atoms with Crippen molar-refractivity contribution >= 4 is 28.9 Å². The summed E-state index contributed by atoms with van der Waals surface area (Å²) in [7, 11) is 1.75. The van der Waals surface area contributed by atoms with Gasteiger partial charge in [0.05, 0.1) is 26.3 Å². The summed E-state index contributed by atoms with van der Waals surface area (Å²) in [6, 6.07) is 13.6. The van der Waals surface area contributed by atoms with Gasteiger partial charge in [0.2, 0.25) is 11.8 Å². The zero-order chi connectivity index (χ0) is 21.5. The molecule has 3 rings (SSSR count). The van der Waals surface area contributed by atoms with Crippen LogP contribution < -0.4 is 15.5 Å². The Morgan fingerprint density at radius 1 is 0.967 bits per heavy atom. The van der Waals surface area contributed by atoms with Crippen molar-refractivity contribution in [3.8, 4) is 0 Å². The fourth-order valence-electron chi connectivity index (χ4n) is 3.40. The number of aryl methyl sites for hydroxylation is 1. The van der Waals surface area contributed by atoms with Crippen molar-refractivity contribution in [3.05, 3.63) is 53.6 Å². The molecule has 2 N–H and O–H groups in total. The van der Waals surface area contributed by atoms with E-state index in [1.807, 2.05) is 56.3 Å². The Labute approximate surface area is 178 Å². The number of carbonyl (C=O) groups is 2. The predicted molar refractivity (Wildman–Crippen MR) is 120 cm³/mol. The predicted octanol–water partition coefficient (Wildman–Crippen LogP) is 2.65. The molecule has 7 nitrogen and oxygen atoms in total. The summed E-state index contributed by atoms with van der Waals surface area (Å²) in [6.07, 6.45) is 0. The second-order valence-electron chi connectivity index (χ2n) is 7.66. The highest BCUT2D eigenvalue weighted by Gasteiger charge is 2.14. The zero-order valence-electron chi connectivity index (χ0n) is 17.9. The van der Waals surface area contributed by atoms with Gasteiger partial charge in [-0.1, -0.05) is 12.1 Å². The third-order valence-electron chi connectivity index (χ3n) is 5.23. The quantitative estimate of drug-likeness (QED) is 0.734. The van der Waals surface area contributed by atoms with E-state index in [0.29, 0.717) is 0 Å². The van der Waals surface area contributed by atoms with Gasteiger partial charge in [0, 0.05) is 30.2 Å². The number of morpholine rings is 1. The molecule has 2 amide bonds. The molecule has 1 saturated heterocycles. The standard InChI is InChI=1S/C23H30N4O3/c1-17-5-4-6-21(18(17)2)25-23(29)16-26(3)15-22(28)24-19-7-9-20(10-8-19)27-11-13-30-14-12-27/h4-10H,11-16H2,1-3H3,(H,24,28)(H,25,29). The van der Waals surface area contributed by atoms with E-state index >= 15 is 0 Å². The van der Waals surface area contributed by atoms with Crippen molar-refractivity contribution in [3.63, 3.8) is 0 Å². The number of nitrogens with one attached hydrogen (secondary N) is 2. The number of amides is 2. The lowest BCUT2D eigenvalue weighted by molar-refractivity contribution is -0.119. The van der Waals surface area contributed by atoms with Crippen LogP contribution in [0.4, 0.5) is 17.1 Å². The van der Waals surface area contributed by atoms with E-state index in [9.17, 15) is 9.59 Å². The lowest BCUT2D eigenvalue weighted by Crippen LogP contribution is -2.36. The van der Waals surface area contributed by atoms with Gasteiger partial charge in [-0.2, -0.15) is 0 Å². The summed E-state index contributed by atoms with van der Waals surface area (Å²) in [5.74, 6) is -0.301. The molecule has 0 unspecified atom stereocenters. The average molecular weight is 411 g/mol. The first kappa shape index (κ1) is 21.8.